The summed E-state index contributed by atoms with van der Waals surface area (Å²) in [4.78, 5) is 9.03. The number of hydrogen-bond donors (Lipinski definition) is 1. The van der Waals surface area contributed by atoms with E-state index in [4.69, 9.17) is 10.1 Å². The predicted molar refractivity (Wildman–Crippen MR) is 93.6 cm³/mol. The van der Waals surface area contributed by atoms with Crippen LogP contribution in [0.4, 0.5) is 5.95 Å². The molecule has 0 aromatic carbocycles. The van der Waals surface area contributed by atoms with Gasteiger partial charge in [-0.1, -0.05) is 33.8 Å². The number of anilines is 1. The van der Waals surface area contributed by atoms with Gasteiger partial charge in [-0.2, -0.15) is 5.10 Å². The van der Waals surface area contributed by atoms with Crippen molar-refractivity contribution in [3.8, 4) is 11.3 Å². The first-order valence-corrected chi connectivity index (χ1v) is 8.10. The minimum Gasteiger partial charge on any atom is -0.354 e. The van der Waals surface area contributed by atoms with Gasteiger partial charge in [0.1, 0.15) is 0 Å². The molecule has 0 unspecified atom stereocenters. The van der Waals surface area contributed by atoms with Crippen molar-refractivity contribution in [1.29, 1.82) is 0 Å². The van der Waals surface area contributed by atoms with E-state index in [1.165, 1.54) is 0 Å². The van der Waals surface area contributed by atoms with Gasteiger partial charge in [0.25, 0.3) is 0 Å². The fourth-order valence-corrected chi connectivity index (χ4v) is 2.56. The summed E-state index contributed by atoms with van der Waals surface area (Å²) in [6.07, 6.45) is 3.78. The van der Waals surface area contributed by atoms with Crippen molar-refractivity contribution in [2.45, 2.75) is 33.6 Å². The largest absolute Gasteiger partial charge is 0.354 e. The van der Waals surface area contributed by atoms with Crippen LogP contribution in [-0.4, -0.2) is 26.1 Å². The van der Waals surface area contributed by atoms with E-state index in [2.05, 4.69) is 44.1 Å². The molecule has 0 spiro atoms. The summed E-state index contributed by atoms with van der Waals surface area (Å²) < 4.78 is 1.92. The maximum atomic E-state index is 4.73. The first-order chi connectivity index (χ1) is 11.1. The van der Waals surface area contributed by atoms with Gasteiger partial charge in [0, 0.05) is 24.5 Å². The lowest BCUT2D eigenvalue weighted by Gasteiger charge is -2.09. The van der Waals surface area contributed by atoms with Gasteiger partial charge in [0.05, 0.1) is 16.9 Å². The Morgan fingerprint density at radius 3 is 2.70 bits per heavy atom. The number of aromatic nitrogens is 4. The molecule has 120 valence electrons. The van der Waals surface area contributed by atoms with Crippen molar-refractivity contribution in [2.75, 3.05) is 11.9 Å². The van der Waals surface area contributed by atoms with Crippen LogP contribution in [0.1, 0.15) is 39.3 Å². The van der Waals surface area contributed by atoms with E-state index in [-0.39, 0.29) is 0 Å². The van der Waals surface area contributed by atoms with Gasteiger partial charge in [-0.3, -0.25) is 0 Å². The Hall–Kier alpha value is -2.43. The smallest absolute Gasteiger partial charge is 0.223 e. The van der Waals surface area contributed by atoms with Gasteiger partial charge in [-0.15, -0.1) is 0 Å². The Kier molecular flexibility index (Phi) is 4.28. The van der Waals surface area contributed by atoms with Gasteiger partial charge in [0.15, 0.2) is 0 Å². The molecule has 3 heterocycles. The molecule has 3 aromatic rings. The maximum absolute atomic E-state index is 4.73. The van der Waals surface area contributed by atoms with E-state index in [9.17, 15) is 0 Å². The number of nitrogens with one attached hydrogen (secondary N) is 1. The second-order valence-electron chi connectivity index (χ2n) is 6.49. The molecule has 0 saturated carbocycles. The van der Waals surface area contributed by atoms with Crippen LogP contribution in [0, 0.1) is 5.92 Å². The average molecular weight is 309 g/mol. The summed E-state index contributed by atoms with van der Waals surface area (Å²) in [5, 5.41) is 8.02. The highest BCUT2D eigenvalue weighted by Crippen LogP contribution is 2.31. The molecule has 0 aliphatic heterocycles. The van der Waals surface area contributed by atoms with E-state index >= 15 is 0 Å². The molecule has 0 fully saturated rings. The molecule has 0 saturated heterocycles. The van der Waals surface area contributed by atoms with Crippen molar-refractivity contribution in [3.05, 3.63) is 42.4 Å². The Morgan fingerprint density at radius 2 is 1.96 bits per heavy atom. The summed E-state index contributed by atoms with van der Waals surface area (Å²) in [6.45, 7) is 9.50. The Labute approximate surface area is 136 Å². The summed E-state index contributed by atoms with van der Waals surface area (Å²) >= 11 is 0. The second-order valence-corrected chi connectivity index (χ2v) is 6.49. The van der Waals surface area contributed by atoms with Crippen LogP contribution < -0.4 is 5.32 Å². The molecule has 0 radical (unpaired) electrons. The predicted octanol–water partition coefficient (Wildman–Crippen LogP) is 3.98. The monoisotopic (exact) mass is 309 g/mol. The van der Waals surface area contributed by atoms with Crippen LogP contribution in [-0.2, 0) is 0 Å². The van der Waals surface area contributed by atoms with Gasteiger partial charge in [-0.25, -0.2) is 14.5 Å². The van der Waals surface area contributed by atoms with Gasteiger partial charge < -0.3 is 5.32 Å². The third-order valence-corrected chi connectivity index (χ3v) is 3.69. The molecular formula is C18H23N5. The zero-order valence-electron chi connectivity index (χ0n) is 14.1. The molecular weight excluding hydrogens is 286 g/mol. The highest BCUT2D eigenvalue weighted by Gasteiger charge is 2.18. The standard InChI is InChI=1S/C18H23N5/c1-12(2)11-20-18-19-9-8-14(21-18)16-15-7-5-6-10-23(15)22-17(16)13(3)4/h5-10,12-13H,11H2,1-4H3,(H,19,20,21). The summed E-state index contributed by atoms with van der Waals surface area (Å²) in [5.74, 6) is 1.54. The van der Waals surface area contributed by atoms with Crippen LogP contribution in [0.2, 0.25) is 0 Å². The molecule has 0 aliphatic rings. The van der Waals surface area contributed by atoms with E-state index in [1.807, 2.05) is 35.1 Å². The number of nitrogens with zero attached hydrogens (tertiary/aromatic N) is 4. The lowest BCUT2D eigenvalue weighted by molar-refractivity contribution is 0.684. The normalized spacial score (nSPS) is 11.6. The van der Waals surface area contributed by atoms with Crippen molar-refractivity contribution < 1.29 is 0 Å². The van der Waals surface area contributed by atoms with Crippen molar-refractivity contribution in [3.63, 3.8) is 0 Å². The number of pyridine rings is 1. The minimum atomic E-state index is 0.326. The molecule has 3 rings (SSSR count). The Balaban J connectivity index is 2.09. The second kappa shape index (κ2) is 6.36. The van der Waals surface area contributed by atoms with Gasteiger partial charge >= 0.3 is 0 Å². The van der Waals surface area contributed by atoms with Crippen LogP contribution >= 0.6 is 0 Å². The Bertz CT molecular complexity index is 804. The fraction of sp³-hybridized carbons (Fsp3) is 0.389. The van der Waals surface area contributed by atoms with Crippen LogP contribution in [0.3, 0.4) is 0 Å². The molecule has 0 amide bonds. The summed E-state index contributed by atoms with van der Waals surface area (Å²) in [7, 11) is 0. The van der Waals surface area contributed by atoms with Crippen molar-refractivity contribution in [1.82, 2.24) is 19.6 Å². The number of hydrogen-bond acceptors (Lipinski definition) is 4. The topological polar surface area (TPSA) is 55.1 Å². The molecule has 0 bridgehead atoms. The van der Waals surface area contributed by atoms with Crippen LogP contribution in [0.25, 0.3) is 16.8 Å². The van der Waals surface area contributed by atoms with Crippen molar-refractivity contribution >= 4 is 11.5 Å². The van der Waals surface area contributed by atoms with Gasteiger partial charge in [0.2, 0.25) is 5.95 Å². The molecule has 3 aromatic heterocycles. The number of rotatable bonds is 5. The Morgan fingerprint density at radius 1 is 1.13 bits per heavy atom. The quantitative estimate of drug-likeness (QED) is 0.774. The van der Waals surface area contributed by atoms with E-state index in [0.717, 1.165) is 29.0 Å². The van der Waals surface area contributed by atoms with Crippen LogP contribution in [0.5, 0.6) is 0 Å². The molecule has 23 heavy (non-hydrogen) atoms. The van der Waals surface area contributed by atoms with Crippen LogP contribution in [0.15, 0.2) is 36.7 Å². The molecule has 0 atom stereocenters. The van der Waals surface area contributed by atoms with Gasteiger partial charge in [-0.05, 0) is 30.0 Å². The third kappa shape index (κ3) is 3.18. The molecule has 5 nitrogen and oxygen atoms in total. The first kappa shape index (κ1) is 15.5. The number of fused-ring (bicyclic) bond motifs is 1. The SMILES string of the molecule is CC(C)CNc1nccc(-c2c(C(C)C)nn3ccccc23)n1. The van der Waals surface area contributed by atoms with E-state index in [1.54, 1.807) is 0 Å². The fourth-order valence-electron chi connectivity index (χ4n) is 2.56. The van der Waals surface area contributed by atoms with E-state index in [0.29, 0.717) is 17.8 Å². The van der Waals surface area contributed by atoms with Crippen molar-refractivity contribution in [2.24, 2.45) is 5.92 Å². The molecule has 1 N–H and O–H groups in total. The molecule has 0 aliphatic carbocycles. The minimum absolute atomic E-state index is 0.326. The zero-order valence-corrected chi connectivity index (χ0v) is 14.1. The first-order valence-electron chi connectivity index (χ1n) is 8.10. The maximum Gasteiger partial charge on any atom is 0.223 e. The summed E-state index contributed by atoms with van der Waals surface area (Å²) in [5.41, 5.74) is 4.14. The highest BCUT2D eigenvalue weighted by molar-refractivity contribution is 5.81. The lowest BCUT2D eigenvalue weighted by Crippen LogP contribution is -2.10. The van der Waals surface area contributed by atoms with E-state index < -0.39 is 0 Å². The highest BCUT2D eigenvalue weighted by atomic mass is 15.2. The summed E-state index contributed by atoms with van der Waals surface area (Å²) in [6, 6.07) is 8.06. The third-order valence-electron chi connectivity index (χ3n) is 3.69. The average Bonchev–Trinajstić information content (AvgIpc) is 2.93. The lowest BCUT2D eigenvalue weighted by atomic mass is 10.0. The molecule has 5 heteroatoms. The zero-order chi connectivity index (χ0) is 16.4.